The van der Waals surface area contributed by atoms with Gasteiger partial charge in [-0.25, -0.2) is 0 Å². The Balaban J connectivity index is 0.750. The number of amides is 1. The van der Waals surface area contributed by atoms with E-state index in [2.05, 4.69) is 45.8 Å². The first-order valence-corrected chi connectivity index (χ1v) is 24.7. The van der Waals surface area contributed by atoms with E-state index < -0.39 is 6.04 Å². The summed E-state index contributed by atoms with van der Waals surface area (Å²) in [5.74, 6) is 2.30. The number of hydrogen-bond acceptors (Lipinski definition) is 11. The Morgan fingerprint density at radius 2 is 1.52 bits per heavy atom. The molecule has 3 aromatic heterocycles. The number of nitrogens with zero attached hydrogens (tertiary/aromatic N) is 5. The van der Waals surface area contributed by atoms with E-state index in [9.17, 15) is 19.8 Å². The topological polar surface area (TPSA) is 142 Å². The lowest BCUT2D eigenvalue weighted by Crippen LogP contribution is -2.29. The number of thiophene rings is 2. The third-order valence-electron chi connectivity index (χ3n) is 12.2. The fraction of sp³-hybridized carbons (Fsp3) is 0.327. The van der Waals surface area contributed by atoms with Crippen LogP contribution in [-0.4, -0.2) is 80.1 Å². The van der Waals surface area contributed by atoms with Gasteiger partial charge in [-0.05, 0) is 137 Å². The summed E-state index contributed by atoms with van der Waals surface area (Å²) >= 11 is 9.40. The molecule has 0 aliphatic carbocycles. The van der Waals surface area contributed by atoms with Gasteiger partial charge < -0.3 is 25.2 Å². The number of carbonyl (C=O) groups is 2. The lowest BCUT2D eigenvalue weighted by molar-refractivity contribution is -0.121. The van der Waals surface area contributed by atoms with E-state index in [1.165, 1.54) is 16.2 Å². The molecule has 0 spiro atoms. The zero-order valence-electron chi connectivity index (χ0n) is 37.8. The van der Waals surface area contributed by atoms with Crippen LogP contribution < -0.4 is 10.1 Å². The van der Waals surface area contributed by atoms with Crippen molar-refractivity contribution < 1.29 is 24.5 Å². The van der Waals surface area contributed by atoms with Crippen LogP contribution in [0.1, 0.15) is 107 Å². The molecule has 1 aliphatic rings. The molecule has 0 radical (unpaired) electrons. The summed E-state index contributed by atoms with van der Waals surface area (Å²) < 4.78 is 9.00. The lowest BCUT2D eigenvalue weighted by Gasteiger charge is -2.20. The van der Waals surface area contributed by atoms with E-state index >= 15 is 0 Å². The molecule has 0 fully saturated rings. The van der Waals surface area contributed by atoms with Gasteiger partial charge in [-0.15, -0.1) is 32.9 Å². The van der Waals surface area contributed by atoms with Gasteiger partial charge in [0, 0.05) is 60.2 Å². The molecule has 4 aromatic carbocycles. The monoisotopic (exact) mass is 942 g/mol. The second kappa shape index (κ2) is 21.2. The molecule has 7 aromatic rings. The van der Waals surface area contributed by atoms with Gasteiger partial charge in [0.25, 0.3) is 0 Å². The third-order valence-corrected chi connectivity index (χ3v) is 14.9. The normalized spacial score (nSPS) is 13.4. The summed E-state index contributed by atoms with van der Waals surface area (Å²) in [5, 5.41) is 34.5. The van der Waals surface area contributed by atoms with Crippen molar-refractivity contribution in [2.24, 2.45) is 4.99 Å². The van der Waals surface area contributed by atoms with Crippen LogP contribution >= 0.6 is 34.3 Å². The van der Waals surface area contributed by atoms with Gasteiger partial charge in [-0.1, -0.05) is 56.3 Å². The Kier molecular flexibility index (Phi) is 15.0. The van der Waals surface area contributed by atoms with Crippen molar-refractivity contribution in [1.82, 2.24) is 25.0 Å². The minimum Gasteiger partial charge on any atom is -0.508 e. The number of aromatic hydroxyl groups is 2. The molecule has 0 unspecified atom stereocenters. The van der Waals surface area contributed by atoms with Crippen molar-refractivity contribution in [2.75, 3.05) is 32.8 Å². The number of aryl methyl sites for hydroxylation is 2. The Bertz CT molecular complexity index is 2850. The second-order valence-electron chi connectivity index (χ2n) is 16.7. The van der Waals surface area contributed by atoms with E-state index in [1.807, 2.05) is 43.3 Å². The Hall–Kier alpha value is -5.86. The van der Waals surface area contributed by atoms with Crippen LogP contribution in [0.5, 0.6) is 17.2 Å². The summed E-state index contributed by atoms with van der Waals surface area (Å²) in [5.41, 5.74) is 5.95. The average molecular weight is 944 g/mol. The van der Waals surface area contributed by atoms with Crippen molar-refractivity contribution in [3.8, 4) is 32.7 Å². The lowest BCUT2D eigenvalue weighted by atomic mass is 9.97. The highest BCUT2D eigenvalue weighted by molar-refractivity contribution is 7.22. The molecule has 342 valence electrons. The van der Waals surface area contributed by atoms with Crippen LogP contribution in [0.2, 0.25) is 5.02 Å². The van der Waals surface area contributed by atoms with Crippen molar-refractivity contribution >= 4 is 61.8 Å². The van der Waals surface area contributed by atoms with Gasteiger partial charge in [0.05, 0.1) is 12.1 Å². The number of ether oxygens (including phenoxy) is 1. The van der Waals surface area contributed by atoms with Gasteiger partial charge in [0.2, 0.25) is 5.91 Å². The number of rotatable bonds is 20. The Morgan fingerprint density at radius 1 is 0.818 bits per heavy atom. The molecule has 8 rings (SSSR count). The number of phenols is 2. The van der Waals surface area contributed by atoms with Crippen LogP contribution in [0, 0.1) is 20.8 Å². The fourth-order valence-electron chi connectivity index (χ4n) is 8.47. The minimum absolute atomic E-state index is 0.0484. The summed E-state index contributed by atoms with van der Waals surface area (Å²) in [6, 6.07) is 26.4. The number of aromatic nitrogens is 3. The first-order valence-electron chi connectivity index (χ1n) is 22.7. The number of hydrogen-bond donors (Lipinski definition) is 3. The molecule has 0 bridgehead atoms. The third kappa shape index (κ3) is 10.5. The number of halogens is 1. The number of nitrogens with one attached hydrogen (secondary N) is 1. The summed E-state index contributed by atoms with van der Waals surface area (Å²) in [6.07, 6.45) is 6.68. The Labute approximate surface area is 398 Å². The molecule has 4 heterocycles. The molecule has 14 heteroatoms. The first-order chi connectivity index (χ1) is 32.0. The molecule has 1 atom stereocenters. The minimum atomic E-state index is -0.487. The maximum atomic E-state index is 14.0. The van der Waals surface area contributed by atoms with E-state index in [1.54, 1.807) is 65.9 Å². The van der Waals surface area contributed by atoms with Crippen LogP contribution in [0.25, 0.3) is 25.5 Å². The van der Waals surface area contributed by atoms with Gasteiger partial charge in [-0.3, -0.25) is 19.1 Å². The summed E-state index contributed by atoms with van der Waals surface area (Å²) in [6.45, 7) is 12.3. The van der Waals surface area contributed by atoms with Crippen molar-refractivity contribution in [2.45, 2.75) is 78.7 Å². The van der Waals surface area contributed by atoms with Gasteiger partial charge >= 0.3 is 0 Å². The predicted octanol–water partition coefficient (Wildman–Crippen LogP) is 11.6. The fourth-order valence-corrected chi connectivity index (χ4v) is 11.0. The van der Waals surface area contributed by atoms with E-state index in [-0.39, 0.29) is 29.6 Å². The first kappa shape index (κ1) is 46.7. The van der Waals surface area contributed by atoms with Crippen LogP contribution in [-0.2, 0) is 4.79 Å². The quantitative estimate of drug-likeness (QED) is 0.0506. The molecule has 0 saturated carbocycles. The number of ketones is 1. The van der Waals surface area contributed by atoms with Crippen molar-refractivity contribution in [3.63, 3.8) is 0 Å². The largest absolute Gasteiger partial charge is 0.508 e. The van der Waals surface area contributed by atoms with Crippen LogP contribution in [0.15, 0.2) is 96.0 Å². The predicted molar refractivity (Wildman–Crippen MR) is 267 cm³/mol. The number of fused-ring (bicyclic) bond motifs is 4. The van der Waals surface area contributed by atoms with Gasteiger partial charge in [-0.2, -0.15) is 0 Å². The number of phenolic OH excluding ortho intramolecular Hbond substituents is 2. The Morgan fingerprint density at radius 3 is 2.26 bits per heavy atom. The van der Waals surface area contributed by atoms with Gasteiger partial charge in [0.1, 0.15) is 40.7 Å². The average Bonchev–Trinajstić information content (AvgIpc) is 3.95. The molecular weight excluding hydrogens is 888 g/mol. The number of likely N-dealkylation sites (N-methyl/N-ethyl adjacent to an activating group) is 1. The molecule has 0 saturated heterocycles. The van der Waals surface area contributed by atoms with Crippen molar-refractivity contribution in [1.29, 1.82) is 0 Å². The smallest absolute Gasteiger partial charge is 0.222 e. The highest BCUT2D eigenvalue weighted by Crippen LogP contribution is 2.42. The highest BCUT2D eigenvalue weighted by atomic mass is 35.5. The highest BCUT2D eigenvalue weighted by Gasteiger charge is 2.32. The standard InChI is InChI=1S/C52H55ClN6O5S2/c1-5-58(28-29-64-41-23-16-36(17-24-41)49(63)47-42-25-22-40(61)30-44(42)66-50(47)37-14-20-39(60)21-15-37)27-11-9-7-6-8-10-26-54-45(62)31-43-51-57-56-34(4)59(51)52-46(32(2)33(3)65-52)48(55-43)35-12-18-38(53)19-13-35/h12-25,30,43,60-61H,5-11,26-29,31H2,1-4H3,(H,54,62)/t43-/m0/s1. The van der Waals surface area contributed by atoms with Crippen LogP contribution in [0.4, 0.5) is 0 Å². The van der Waals surface area contributed by atoms with Gasteiger partial charge in [0.15, 0.2) is 11.6 Å². The van der Waals surface area contributed by atoms with Crippen molar-refractivity contribution in [3.05, 3.63) is 140 Å². The molecule has 1 amide bonds. The molecule has 66 heavy (non-hydrogen) atoms. The van der Waals surface area contributed by atoms with Crippen LogP contribution in [0.3, 0.4) is 0 Å². The second-order valence-corrected chi connectivity index (χ2v) is 19.4. The zero-order chi connectivity index (χ0) is 46.3. The molecule has 3 N–H and O–H groups in total. The van der Waals surface area contributed by atoms with E-state index in [4.69, 9.17) is 21.3 Å². The number of carbonyl (C=O) groups excluding carboxylic acids is 2. The SMILES string of the molecule is CCN(CCCCCCCCNC(=O)C[C@@H]1N=C(c2ccc(Cl)cc2)c2c(sc(C)c2C)-n2c(C)nnc21)CCOc1ccc(C(=O)c2c(-c3ccc(O)cc3)sc3cc(O)ccc23)cc1. The number of aliphatic imine (C=N–C) groups is 1. The maximum absolute atomic E-state index is 14.0. The van der Waals surface area contributed by atoms with E-state index in [0.29, 0.717) is 40.9 Å². The molecular formula is C52H55ClN6O5S2. The maximum Gasteiger partial charge on any atom is 0.222 e. The zero-order valence-corrected chi connectivity index (χ0v) is 40.2. The molecule has 11 nitrogen and oxygen atoms in total. The summed E-state index contributed by atoms with van der Waals surface area (Å²) in [7, 11) is 0. The number of benzene rings is 4. The summed E-state index contributed by atoms with van der Waals surface area (Å²) in [4.78, 5) is 37.0. The molecule has 1 aliphatic heterocycles. The number of unbranched alkanes of at least 4 members (excludes halogenated alkanes) is 5. The van der Waals surface area contributed by atoms with E-state index in [0.717, 1.165) is 112 Å².